The minimum absolute atomic E-state index is 0.0678. The van der Waals surface area contributed by atoms with Gasteiger partial charge in [-0.2, -0.15) is 19.6 Å². The number of carbonyl (C=O) groups is 2. The lowest BCUT2D eigenvalue weighted by atomic mass is 10.1. The summed E-state index contributed by atoms with van der Waals surface area (Å²) in [7, 11) is 1.63. The molecule has 1 atom stereocenters. The Balaban J connectivity index is 1.49. The Labute approximate surface area is 183 Å². The van der Waals surface area contributed by atoms with E-state index in [0.717, 1.165) is 24.2 Å². The maximum atomic E-state index is 11.9. The number of ether oxygens (including phenoxy) is 1. The van der Waals surface area contributed by atoms with Crippen molar-refractivity contribution >= 4 is 35.6 Å². The van der Waals surface area contributed by atoms with E-state index in [9.17, 15) is 9.59 Å². The molecule has 5 rings (SSSR count). The molecule has 1 saturated carbocycles. The zero-order valence-corrected chi connectivity index (χ0v) is 17.5. The number of benzene rings is 1. The topological polar surface area (TPSA) is 135 Å². The highest BCUT2D eigenvalue weighted by Crippen LogP contribution is 2.27. The van der Waals surface area contributed by atoms with Gasteiger partial charge in [-0.1, -0.05) is 12.1 Å². The van der Waals surface area contributed by atoms with Crippen LogP contribution in [0, 0.1) is 0 Å². The highest BCUT2D eigenvalue weighted by atomic mass is 16.5. The lowest BCUT2D eigenvalue weighted by molar-refractivity contribution is -0.115. The van der Waals surface area contributed by atoms with Gasteiger partial charge < -0.3 is 20.7 Å². The fourth-order valence-corrected chi connectivity index (χ4v) is 3.37. The van der Waals surface area contributed by atoms with Gasteiger partial charge in [-0.3, -0.25) is 10.1 Å². The van der Waals surface area contributed by atoms with Gasteiger partial charge in [-0.05, 0) is 43.5 Å². The number of urea groups is 1. The first-order chi connectivity index (χ1) is 15.5. The van der Waals surface area contributed by atoms with Gasteiger partial charge in [0.15, 0.2) is 5.65 Å². The summed E-state index contributed by atoms with van der Waals surface area (Å²) in [5.41, 5.74) is 2.28. The van der Waals surface area contributed by atoms with Crippen LogP contribution in [-0.4, -0.2) is 44.7 Å². The second kappa shape index (κ2) is 7.84. The van der Waals surface area contributed by atoms with E-state index >= 15 is 0 Å². The number of nitrogens with one attached hydrogen (secondary N) is 4. The van der Waals surface area contributed by atoms with E-state index in [4.69, 9.17) is 4.74 Å². The van der Waals surface area contributed by atoms with Gasteiger partial charge in [0.05, 0.1) is 19.3 Å². The molecule has 3 aromatic rings. The Morgan fingerprint density at radius 1 is 1.19 bits per heavy atom. The highest BCUT2D eigenvalue weighted by molar-refractivity contribution is 6.14. The van der Waals surface area contributed by atoms with Gasteiger partial charge in [0.25, 0.3) is 5.91 Å². The van der Waals surface area contributed by atoms with Crippen molar-refractivity contribution < 1.29 is 14.3 Å². The molecule has 0 unspecified atom stereocenters. The molecule has 1 aliphatic heterocycles. The molecule has 1 aliphatic carbocycles. The molecule has 2 aliphatic rings. The summed E-state index contributed by atoms with van der Waals surface area (Å²) >= 11 is 0. The summed E-state index contributed by atoms with van der Waals surface area (Å²) in [6.07, 6.45) is 5.28. The molecule has 32 heavy (non-hydrogen) atoms. The molecule has 0 spiro atoms. The minimum Gasteiger partial charge on any atom is -0.497 e. The van der Waals surface area contributed by atoms with Crippen LogP contribution in [0.15, 0.2) is 36.2 Å². The molecule has 0 bridgehead atoms. The van der Waals surface area contributed by atoms with E-state index in [0.29, 0.717) is 29.1 Å². The summed E-state index contributed by atoms with van der Waals surface area (Å²) in [5, 5.41) is 15.8. The summed E-state index contributed by atoms with van der Waals surface area (Å²) in [6.45, 7) is 2.01. The number of hydrogen-bond donors (Lipinski definition) is 4. The normalized spacial score (nSPS) is 17.9. The van der Waals surface area contributed by atoms with Gasteiger partial charge >= 0.3 is 6.03 Å². The SMILES string of the molecule is COc1ccc([C@H](C)Nc2nc(NC3CC3)n3ncc(/C=C4\NC(=O)NC4=O)c3n2)cc1. The van der Waals surface area contributed by atoms with Crippen molar-refractivity contribution in [1.82, 2.24) is 30.2 Å². The molecule has 3 amide bonds. The third kappa shape index (κ3) is 3.92. The van der Waals surface area contributed by atoms with Gasteiger partial charge in [0.1, 0.15) is 11.4 Å². The highest BCUT2D eigenvalue weighted by Gasteiger charge is 2.26. The van der Waals surface area contributed by atoms with Crippen molar-refractivity contribution in [2.24, 2.45) is 0 Å². The van der Waals surface area contributed by atoms with Gasteiger partial charge in [-0.25, -0.2) is 4.79 Å². The third-order valence-electron chi connectivity index (χ3n) is 5.29. The molecular formula is C21H22N8O3. The van der Waals surface area contributed by atoms with Crippen LogP contribution in [0.5, 0.6) is 5.75 Å². The Bertz CT molecular complexity index is 1230. The van der Waals surface area contributed by atoms with Crippen LogP contribution in [0.4, 0.5) is 16.7 Å². The maximum absolute atomic E-state index is 11.9. The first kappa shape index (κ1) is 19.8. The molecule has 164 valence electrons. The fourth-order valence-electron chi connectivity index (χ4n) is 3.37. The fraction of sp³-hybridized carbons (Fsp3) is 0.286. The third-order valence-corrected chi connectivity index (χ3v) is 5.29. The monoisotopic (exact) mass is 434 g/mol. The van der Waals surface area contributed by atoms with Crippen molar-refractivity contribution in [3.8, 4) is 5.75 Å². The largest absolute Gasteiger partial charge is 0.497 e. The molecule has 11 nitrogen and oxygen atoms in total. The zero-order valence-electron chi connectivity index (χ0n) is 17.5. The summed E-state index contributed by atoms with van der Waals surface area (Å²) in [6, 6.07) is 7.49. The lowest BCUT2D eigenvalue weighted by Gasteiger charge is -2.16. The van der Waals surface area contributed by atoms with E-state index in [-0.39, 0.29) is 11.7 Å². The number of aromatic nitrogens is 4. The number of methoxy groups -OCH3 is 1. The van der Waals surface area contributed by atoms with Crippen molar-refractivity contribution in [1.29, 1.82) is 0 Å². The predicted octanol–water partition coefficient (Wildman–Crippen LogP) is 2.06. The number of amides is 3. The smallest absolute Gasteiger partial charge is 0.326 e. The summed E-state index contributed by atoms with van der Waals surface area (Å²) < 4.78 is 6.82. The first-order valence-electron chi connectivity index (χ1n) is 10.3. The van der Waals surface area contributed by atoms with E-state index < -0.39 is 11.9 Å². The lowest BCUT2D eigenvalue weighted by Crippen LogP contribution is -2.22. The molecule has 1 aromatic carbocycles. The van der Waals surface area contributed by atoms with Crippen LogP contribution in [0.1, 0.15) is 36.9 Å². The van der Waals surface area contributed by atoms with Gasteiger partial charge in [-0.15, -0.1) is 0 Å². The Morgan fingerprint density at radius 3 is 2.62 bits per heavy atom. The van der Waals surface area contributed by atoms with Crippen LogP contribution < -0.4 is 26.0 Å². The number of rotatable bonds is 7. The molecule has 2 aromatic heterocycles. The Hall–Kier alpha value is -4.15. The van der Waals surface area contributed by atoms with Crippen LogP contribution in [0.25, 0.3) is 11.7 Å². The van der Waals surface area contributed by atoms with Crippen LogP contribution in [0.2, 0.25) is 0 Å². The van der Waals surface area contributed by atoms with Crippen molar-refractivity contribution in [3.63, 3.8) is 0 Å². The van der Waals surface area contributed by atoms with Crippen molar-refractivity contribution in [2.45, 2.75) is 31.8 Å². The van der Waals surface area contributed by atoms with Gasteiger partial charge in [0.2, 0.25) is 11.9 Å². The van der Waals surface area contributed by atoms with E-state index in [1.807, 2.05) is 31.2 Å². The Morgan fingerprint density at radius 2 is 1.97 bits per heavy atom. The van der Waals surface area contributed by atoms with Crippen molar-refractivity contribution in [2.75, 3.05) is 17.7 Å². The molecule has 3 heterocycles. The number of fused-ring (bicyclic) bond motifs is 1. The van der Waals surface area contributed by atoms with Crippen molar-refractivity contribution in [3.05, 3.63) is 47.3 Å². The second-order valence-corrected chi connectivity index (χ2v) is 7.73. The second-order valence-electron chi connectivity index (χ2n) is 7.73. The molecule has 1 saturated heterocycles. The number of anilines is 2. The van der Waals surface area contributed by atoms with E-state index in [2.05, 4.69) is 36.3 Å². The van der Waals surface area contributed by atoms with Crippen LogP contribution in [0.3, 0.4) is 0 Å². The number of carbonyl (C=O) groups excluding carboxylic acids is 2. The maximum Gasteiger partial charge on any atom is 0.326 e. The number of imide groups is 1. The molecular weight excluding hydrogens is 412 g/mol. The first-order valence-corrected chi connectivity index (χ1v) is 10.3. The molecule has 2 fully saturated rings. The van der Waals surface area contributed by atoms with Gasteiger partial charge in [0, 0.05) is 11.6 Å². The number of nitrogens with zero attached hydrogens (tertiary/aromatic N) is 4. The van der Waals surface area contributed by atoms with Crippen LogP contribution in [-0.2, 0) is 4.79 Å². The number of hydrogen-bond acceptors (Lipinski definition) is 8. The predicted molar refractivity (Wildman–Crippen MR) is 117 cm³/mol. The average molecular weight is 434 g/mol. The minimum atomic E-state index is -0.556. The Kier molecular flexibility index (Phi) is 4.85. The molecule has 4 N–H and O–H groups in total. The van der Waals surface area contributed by atoms with Crippen LogP contribution >= 0.6 is 0 Å². The van der Waals surface area contributed by atoms with E-state index in [1.54, 1.807) is 23.9 Å². The van der Waals surface area contributed by atoms with E-state index in [1.165, 1.54) is 0 Å². The quantitative estimate of drug-likeness (QED) is 0.328. The standard InChI is InChI=1S/C21H22N8O3/c1-11(12-3-7-15(32-2)8-4-12)23-19-26-17-13(9-16-18(30)27-21(31)25-16)10-22-29(17)20(28-19)24-14-5-6-14/h3-4,7-11,14H,5-6H2,1-2H3,(H2,23,24,26,28)(H2,25,27,30,31)/b16-9-/t11-/m0/s1. The summed E-state index contributed by atoms with van der Waals surface area (Å²) in [5.74, 6) is 1.27. The zero-order chi connectivity index (χ0) is 22.2. The molecule has 11 heteroatoms. The summed E-state index contributed by atoms with van der Waals surface area (Å²) in [4.78, 5) is 32.6. The molecule has 0 radical (unpaired) electrons. The average Bonchev–Trinajstić information content (AvgIpc) is 3.42.